The number of phenolic OH excluding ortho intramolecular Hbond substituents is 2. The summed E-state index contributed by atoms with van der Waals surface area (Å²) in [4.78, 5) is 12.4. The van der Waals surface area contributed by atoms with Crippen molar-refractivity contribution < 1.29 is 24.5 Å². The first kappa shape index (κ1) is 17.6. The van der Waals surface area contributed by atoms with Crippen molar-refractivity contribution in [2.24, 2.45) is 0 Å². The second kappa shape index (κ2) is 7.66. The molecule has 0 bridgehead atoms. The first-order valence-electron chi connectivity index (χ1n) is 7.47. The average molecular weight is 328 g/mol. The fraction of sp³-hybridized carbons (Fsp3) is 0.211. The summed E-state index contributed by atoms with van der Waals surface area (Å²) in [6.07, 6.45) is -0.527. The van der Waals surface area contributed by atoms with Gasteiger partial charge in [0.15, 0.2) is 12.1 Å². The monoisotopic (exact) mass is 328 g/mol. The van der Waals surface area contributed by atoms with Crippen molar-refractivity contribution in [3.05, 3.63) is 65.7 Å². The number of carbonyl (C=O) groups excluding carboxylic acids is 1. The predicted molar refractivity (Wildman–Crippen MR) is 90.5 cm³/mol. The highest BCUT2D eigenvalue weighted by Crippen LogP contribution is 2.28. The Morgan fingerprint density at radius 3 is 2.42 bits per heavy atom. The van der Waals surface area contributed by atoms with Crippen molar-refractivity contribution in [2.75, 3.05) is 6.61 Å². The Bertz CT molecular complexity index is 751. The van der Waals surface area contributed by atoms with Gasteiger partial charge in [0.05, 0.1) is 17.7 Å². The number of phenols is 2. The molecule has 24 heavy (non-hydrogen) atoms. The summed E-state index contributed by atoms with van der Waals surface area (Å²) in [5.41, 5.74) is 1.08. The zero-order chi connectivity index (χ0) is 17.7. The van der Waals surface area contributed by atoms with Crippen molar-refractivity contribution in [3.63, 3.8) is 0 Å². The van der Waals surface area contributed by atoms with E-state index in [-0.39, 0.29) is 22.6 Å². The minimum atomic E-state index is -0.527. The lowest BCUT2D eigenvalue weighted by Crippen LogP contribution is -2.17. The molecule has 5 heteroatoms. The summed E-state index contributed by atoms with van der Waals surface area (Å²) in [7, 11) is 0. The fourth-order valence-electron chi connectivity index (χ4n) is 2.07. The number of hydrogen-bond donors (Lipinski definition) is 2. The number of ketones is 1. The maximum absolute atomic E-state index is 12.4. The molecule has 1 unspecified atom stereocenters. The average Bonchev–Trinajstić information content (AvgIpc) is 2.53. The van der Waals surface area contributed by atoms with Crippen molar-refractivity contribution in [1.82, 2.24) is 0 Å². The van der Waals surface area contributed by atoms with Gasteiger partial charge in [-0.05, 0) is 38.1 Å². The quantitative estimate of drug-likeness (QED) is 0.461. The van der Waals surface area contributed by atoms with Crippen LogP contribution in [0.3, 0.4) is 0 Å². The standard InChI is InChI=1S/C19H20O5/c1-12(2)11-23-13(3)24-14-8-9-16(18(21)10-14)19(22)15-6-4-5-7-17(15)20/h4-10,13,20-21H,1,11H2,2-3H3. The molecule has 0 aromatic heterocycles. The minimum Gasteiger partial charge on any atom is -0.507 e. The molecule has 0 aliphatic heterocycles. The Labute approximate surface area is 140 Å². The fourth-order valence-corrected chi connectivity index (χ4v) is 2.07. The second-order valence-corrected chi connectivity index (χ2v) is 5.48. The smallest absolute Gasteiger partial charge is 0.200 e. The summed E-state index contributed by atoms with van der Waals surface area (Å²) in [6.45, 7) is 7.68. The largest absolute Gasteiger partial charge is 0.507 e. The van der Waals surface area contributed by atoms with Gasteiger partial charge in [0.25, 0.3) is 0 Å². The van der Waals surface area contributed by atoms with Crippen LogP contribution in [0, 0.1) is 0 Å². The van der Waals surface area contributed by atoms with E-state index < -0.39 is 12.1 Å². The molecule has 0 saturated heterocycles. The molecule has 2 rings (SSSR count). The lowest BCUT2D eigenvalue weighted by molar-refractivity contribution is -0.0573. The van der Waals surface area contributed by atoms with Gasteiger partial charge in [-0.2, -0.15) is 0 Å². The summed E-state index contributed by atoms with van der Waals surface area (Å²) in [6, 6.07) is 10.5. The molecule has 2 N–H and O–H groups in total. The Kier molecular flexibility index (Phi) is 5.60. The summed E-state index contributed by atoms with van der Waals surface area (Å²) in [5.74, 6) is -0.462. The molecule has 5 nitrogen and oxygen atoms in total. The summed E-state index contributed by atoms with van der Waals surface area (Å²) < 4.78 is 10.9. The van der Waals surface area contributed by atoms with Crippen molar-refractivity contribution in [2.45, 2.75) is 20.1 Å². The van der Waals surface area contributed by atoms with Gasteiger partial charge in [-0.15, -0.1) is 0 Å². The molecule has 2 aromatic rings. The number of carbonyl (C=O) groups is 1. The molecular weight excluding hydrogens is 308 g/mol. The molecule has 0 fully saturated rings. The molecule has 126 valence electrons. The zero-order valence-electron chi connectivity index (χ0n) is 13.7. The molecule has 0 aliphatic rings. The number of aromatic hydroxyl groups is 2. The van der Waals surface area contributed by atoms with Crippen molar-refractivity contribution in [1.29, 1.82) is 0 Å². The van der Waals surface area contributed by atoms with E-state index in [2.05, 4.69) is 6.58 Å². The van der Waals surface area contributed by atoms with Crippen LogP contribution in [0.5, 0.6) is 17.2 Å². The van der Waals surface area contributed by atoms with Gasteiger partial charge in [0.1, 0.15) is 17.2 Å². The van der Waals surface area contributed by atoms with Gasteiger partial charge in [-0.1, -0.05) is 24.3 Å². The molecule has 0 aliphatic carbocycles. The molecular formula is C19H20O5. The van der Waals surface area contributed by atoms with Crippen LogP contribution >= 0.6 is 0 Å². The Hall–Kier alpha value is -2.79. The van der Waals surface area contributed by atoms with Gasteiger partial charge in [0.2, 0.25) is 0 Å². The lowest BCUT2D eigenvalue weighted by Gasteiger charge is -2.16. The topological polar surface area (TPSA) is 76.0 Å². The first-order valence-corrected chi connectivity index (χ1v) is 7.47. The third-order valence-electron chi connectivity index (χ3n) is 3.23. The highest BCUT2D eigenvalue weighted by Gasteiger charge is 2.17. The second-order valence-electron chi connectivity index (χ2n) is 5.48. The van der Waals surface area contributed by atoms with Crippen LogP contribution in [0.15, 0.2) is 54.6 Å². The number of ether oxygens (including phenoxy) is 2. The van der Waals surface area contributed by atoms with E-state index in [0.29, 0.717) is 12.4 Å². The third kappa shape index (κ3) is 4.36. The van der Waals surface area contributed by atoms with E-state index >= 15 is 0 Å². The van der Waals surface area contributed by atoms with Crippen LogP contribution < -0.4 is 4.74 Å². The first-order chi connectivity index (χ1) is 11.4. The number of para-hydroxylation sites is 1. The number of benzene rings is 2. The highest BCUT2D eigenvalue weighted by molar-refractivity contribution is 6.12. The van der Waals surface area contributed by atoms with Gasteiger partial charge < -0.3 is 19.7 Å². The third-order valence-corrected chi connectivity index (χ3v) is 3.23. The number of rotatable bonds is 7. The molecule has 0 amide bonds. The van der Waals surface area contributed by atoms with Gasteiger partial charge in [-0.3, -0.25) is 4.79 Å². The van der Waals surface area contributed by atoms with E-state index in [1.807, 2.05) is 6.92 Å². The van der Waals surface area contributed by atoms with Crippen molar-refractivity contribution >= 4 is 5.78 Å². The van der Waals surface area contributed by atoms with E-state index in [9.17, 15) is 15.0 Å². The summed E-state index contributed by atoms with van der Waals surface area (Å²) in [5, 5.41) is 19.9. The van der Waals surface area contributed by atoms with Gasteiger partial charge in [0, 0.05) is 6.07 Å². The van der Waals surface area contributed by atoms with Crippen LogP contribution in [0.1, 0.15) is 29.8 Å². The minimum absolute atomic E-state index is 0.0827. The Morgan fingerprint density at radius 2 is 1.79 bits per heavy atom. The molecule has 0 heterocycles. The van der Waals surface area contributed by atoms with Gasteiger partial charge in [-0.25, -0.2) is 0 Å². The Morgan fingerprint density at radius 1 is 1.12 bits per heavy atom. The van der Waals surface area contributed by atoms with Crippen LogP contribution in [-0.4, -0.2) is 28.9 Å². The highest BCUT2D eigenvalue weighted by atomic mass is 16.7. The normalized spacial score (nSPS) is 11.8. The van der Waals surface area contributed by atoms with Crippen molar-refractivity contribution in [3.8, 4) is 17.2 Å². The SMILES string of the molecule is C=C(C)COC(C)Oc1ccc(C(=O)c2ccccc2O)c(O)c1. The zero-order valence-corrected chi connectivity index (χ0v) is 13.7. The van der Waals surface area contributed by atoms with E-state index in [0.717, 1.165) is 5.57 Å². The number of hydrogen-bond acceptors (Lipinski definition) is 5. The summed E-state index contributed by atoms with van der Waals surface area (Å²) >= 11 is 0. The van der Waals surface area contributed by atoms with Crippen LogP contribution in [0.4, 0.5) is 0 Å². The van der Waals surface area contributed by atoms with Crippen LogP contribution in [0.2, 0.25) is 0 Å². The van der Waals surface area contributed by atoms with E-state index in [1.165, 1.54) is 24.3 Å². The molecule has 2 aromatic carbocycles. The van der Waals surface area contributed by atoms with E-state index in [4.69, 9.17) is 9.47 Å². The molecule has 0 spiro atoms. The maximum atomic E-state index is 12.4. The molecule has 0 radical (unpaired) electrons. The Balaban J connectivity index is 2.14. The maximum Gasteiger partial charge on any atom is 0.200 e. The van der Waals surface area contributed by atoms with Gasteiger partial charge >= 0.3 is 0 Å². The van der Waals surface area contributed by atoms with Crippen LogP contribution in [0.25, 0.3) is 0 Å². The lowest BCUT2D eigenvalue weighted by atomic mass is 10.0. The van der Waals surface area contributed by atoms with Crippen LogP contribution in [-0.2, 0) is 4.74 Å². The molecule has 1 atom stereocenters. The predicted octanol–water partition coefficient (Wildman–Crippen LogP) is 3.65. The van der Waals surface area contributed by atoms with E-state index in [1.54, 1.807) is 25.1 Å². The molecule has 0 saturated carbocycles.